The molecule has 16 nitrogen and oxygen atoms in total. The fourth-order valence-corrected chi connectivity index (χ4v) is 5.03. The van der Waals surface area contributed by atoms with Crippen LogP contribution in [0.15, 0.2) is 60.9 Å². The number of para-hydroxylation sites is 2. The largest absolute Gasteiger partial charge is 0.480 e. The minimum Gasteiger partial charge on any atom is -0.480 e. The van der Waals surface area contributed by atoms with E-state index in [0.29, 0.717) is 5.56 Å². The highest BCUT2D eigenvalue weighted by Crippen LogP contribution is 2.20. The number of carbonyl (C=O) groups excluding carboxylic acids is 4. The molecule has 12 N–H and O–H groups in total. The average molecular weight is 652 g/mol. The number of fused-ring (bicyclic) bond motifs is 2. The number of nitrogens with two attached hydrogens (primary N) is 1. The Labute approximate surface area is 267 Å². The number of rotatable bonds is 16. The van der Waals surface area contributed by atoms with Crippen LogP contribution in [0.2, 0.25) is 0 Å². The van der Waals surface area contributed by atoms with Crippen LogP contribution >= 0.6 is 0 Å². The zero-order valence-corrected chi connectivity index (χ0v) is 25.1. The third-order valence-electron chi connectivity index (χ3n) is 7.61. The van der Waals surface area contributed by atoms with Gasteiger partial charge in [0.1, 0.15) is 24.2 Å². The van der Waals surface area contributed by atoms with Crippen molar-refractivity contribution in [3.05, 3.63) is 72.1 Å². The zero-order chi connectivity index (χ0) is 34.1. The number of nitrogens with one attached hydrogen (secondary N) is 6. The molecule has 5 unspecified atom stereocenters. The Balaban J connectivity index is 1.42. The highest BCUT2D eigenvalue weighted by molar-refractivity contribution is 5.96. The standard InChI is InChI=1S/C31H37N7O9/c32-20(9-16-11-33-21-7-3-1-5-18(16)21)27(42)36-24(13-39)30(45)37-25(14-40)29(44)35-23(28(43)38-26(15-41)31(46)47)10-17-12-34-22-8-4-2-6-19(17)22/h1-8,11-12,20,23-26,33-34,39-41H,9-10,13-15,32H2,(H,35,44)(H,36,42)(H,37,45)(H,38,43)(H,46,47). The van der Waals surface area contributed by atoms with Gasteiger partial charge in [0.2, 0.25) is 23.6 Å². The van der Waals surface area contributed by atoms with Gasteiger partial charge in [0.25, 0.3) is 0 Å². The molecule has 0 aliphatic carbocycles. The van der Waals surface area contributed by atoms with Gasteiger partial charge in [0.05, 0.1) is 25.9 Å². The summed E-state index contributed by atoms with van der Waals surface area (Å²) in [5.41, 5.74) is 9.03. The fraction of sp³-hybridized carbons (Fsp3) is 0.323. The van der Waals surface area contributed by atoms with Gasteiger partial charge in [0, 0.05) is 40.6 Å². The van der Waals surface area contributed by atoms with Crippen molar-refractivity contribution in [2.24, 2.45) is 5.73 Å². The maximum atomic E-state index is 13.2. The summed E-state index contributed by atoms with van der Waals surface area (Å²) in [7, 11) is 0. The molecule has 0 fully saturated rings. The van der Waals surface area contributed by atoms with Crippen molar-refractivity contribution >= 4 is 51.4 Å². The number of aliphatic carboxylic acids is 1. The predicted octanol–water partition coefficient (Wildman–Crippen LogP) is -2.24. The molecule has 4 amide bonds. The molecule has 16 heteroatoms. The molecule has 250 valence electrons. The Bertz CT molecular complexity index is 1740. The number of carboxylic acid groups (broad SMARTS) is 1. The lowest BCUT2D eigenvalue weighted by Crippen LogP contribution is -2.60. The molecule has 2 aromatic heterocycles. The van der Waals surface area contributed by atoms with Crippen LogP contribution < -0.4 is 27.0 Å². The van der Waals surface area contributed by atoms with Crippen LogP contribution in [0.25, 0.3) is 21.8 Å². The summed E-state index contributed by atoms with van der Waals surface area (Å²) < 4.78 is 0. The summed E-state index contributed by atoms with van der Waals surface area (Å²) in [6.07, 6.45) is 3.32. The summed E-state index contributed by atoms with van der Waals surface area (Å²) in [5.74, 6) is -5.23. The smallest absolute Gasteiger partial charge is 0.328 e. The number of carboxylic acids is 1. The van der Waals surface area contributed by atoms with Crippen LogP contribution in [0, 0.1) is 0 Å². The molecular weight excluding hydrogens is 614 g/mol. The van der Waals surface area contributed by atoms with Gasteiger partial charge in [0.15, 0.2) is 0 Å². The first kappa shape index (κ1) is 34.6. The highest BCUT2D eigenvalue weighted by Gasteiger charge is 2.32. The quantitative estimate of drug-likeness (QED) is 0.0620. The molecule has 4 rings (SSSR count). The maximum Gasteiger partial charge on any atom is 0.328 e. The van der Waals surface area contributed by atoms with Crippen molar-refractivity contribution in [2.75, 3.05) is 19.8 Å². The molecule has 0 aliphatic rings. The van der Waals surface area contributed by atoms with E-state index in [1.165, 1.54) is 0 Å². The van der Waals surface area contributed by atoms with Crippen molar-refractivity contribution < 1.29 is 44.4 Å². The van der Waals surface area contributed by atoms with E-state index in [9.17, 15) is 44.4 Å². The van der Waals surface area contributed by atoms with E-state index in [-0.39, 0.29) is 12.8 Å². The van der Waals surface area contributed by atoms with Gasteiger partial charge in [-0.05, 0) is 29.7 Å². The van der Waals surface area contributed by atoms with Crippen molar-refractivity contribution in [1.29, 1.82) is 0 Å². The Hall–Kier alpha value is -5.29. The molecule has 0 spiro atoms. The monoisotopic (exact) mass is 651 g/mol. The number of carbonyl (C=O) groups is 5. The van der Waals surface area contributed by atoms with E-state index in [1.807, 2.05) is 24.3 Å². The number of benzene rings is 2. The second-order valence-electron chi connectivity index (χ2n) is 10.9. The van der Waals surface area contributed by atoms with Crippen LogP contribution in [-0.4, -0.2) is 110 Å². The van der Waals surface area contributed by atoms with Gasteiger partial charge in [-0.25, -0.2) is 4.79 Å². The molecule has 2 heterocycles. The minimum absolute atomic E-state index is 0.121. The van der Waals surface area contributed by atoms with Gasteiger partial charge < -0.3 is 57.4 Å². The topological polar surface area (TPSA) is 272 Å². The van der Waals surface area contributed by atoms with Crippen molar-refractivity contribution in [3.63, 3.8) is 0 Å². The van der Waals surface area contributed by atoms with Crippen LogP contribution in [0.1, 0.15) is 11.1 Å². The SMILES string of the molecule is NC(Cc1c[nH]c2ccccc12)C(=O)NC(CO)C(=O)NC(CO)C(=O)NC(Cc1c[nH]c2ccccc12)C(=O)NC(CO)C(=O)O. The lowest BCUT2D eigenvalue weighted by atomic mass is 10.0. The first-order valence-electron chi connectivity index (χ1n) is 14.7. The number of aromatic amines is 2. The van der Waals surface area contributed by atoms with Crippen LogP contribution in [0.4, 0.5) is 0 Å². The highest BCUT2D eigenvalue weighted by atomic mass is 16.4. The maximum absolute atomic E-state index is 13.2. The molecule has 0 saturated carbocycles. The summed E-state index contributed by atoms with van der Waals surface area (Å²) >= 11 is 0. The van der Waals surface area contributed by atoms with E-state index in [0.717, 1.165) is 27.4 Å². The first-order valence-corrected chi connectivity index (χ1v) is 14.7. The molecule has 4 aromatic rings. The average Bonchev–Trinajstić information content (AvgIpc) is 3.67. The minimum atomic E-state index is -1.66. The number of amides is 4. The Kier molecular flexibility index (Phi) is 11.6. The van der Waals surface area contributed by atoms with Crippen LogP contribution in [0.5, 0.6) is 0 Å². The summed E-state index contributed by atoms with van der Waals surface area (Å²) in [4.78, 5) is 69.7. The molecule has 2 aromatic carbocycles. The van der Waals surface area contributed by atoms with Crippen molar-refractivity contribution in [2.45, 2.75) is 43.1 Å². The summed E-state index contributed by atoms with van der Waals surface area (Å²) in [6, 6.07) is 7.21. The molecule has 0 aliphatic heterocycles. The number of H-pyrrole nitrogens is 2. The summed E-state index contributed by atoms with van der Waals surface area (Å²) in [6.45, 7) is -2.70. The Morgan fingerprint density at radius 3 is 1.49 bits per heavy atom. The number of aromatic nitrogens is 2. The molecule has 0 saturated heterocycles. The molecule has 47 heavy (non-hydrogen) atoms. The van der Waals surface area contributed by atoms with Gasteiger partial charge in [-0.1, -0.05) is 36.4 Å². The predicted molar refractivity (Wildman–Crippen MR) is 169 cm³/mol. The number of hydrogen-bond donors (Lipinski definition) is 11. The van der Waals surface area contributed by atoms with Gasteiger partial charge in [-0.15, -0.1) is 0 Å². The molecule has 0 radical (unpaired) electrons. The summed E-state index contributed by atoms with van der Waals surface area (Å²) in [5, 5.41) is 49.2. The van der Waals surface area contributed by atoms with Crippen molar-refractivity contribution in [3.8, 4) is 0 Å². The second-order valence-corrected chi connectivity index (χ2v) is 10.9. The number of hydrogen-bond acceptors (Lipinski definition) is 9. The Morgan fingerprint density at radius 2 is 1.00 bits per heavy atom. The van der Waals surface area contributed by atoms with E-state index >= 15 is 0 Å². The number of aliphatic hydroxyl groups is 3. The van der Waals surface area contributed by atoms with E-state index in [1.54, 1.807) is 36.7 Å². The third kappa shape index (κ3) is 8.50. The van der Waals surface area contributed by atoms with E-state index in [4.69, 9.17) is 5.73 Å². The van der Waals surface area contributed by atoms with E-state index < -0.39 is 79.6 Å². The zero-order valence-electron chi connectivity index (χ0n) is 25.1. The Morgan fingerprint density at radius 1 is 0.596 bits per heavy atom. The third-order valence-corrected chi connectivity index (χ3v) is 7.61. The first-order chi connectivity index (χ1) is 22.6. The van der Waals surface area contributed by atoms with Gasteiger partial charge in [-0.3, -0.25) is 19.2 Å². The van der Waals surface area contributed by atoms with E-state index in [2.05, 4.69) is 31.2 Å². The van der Waals surface area contributed by atoms with Crippen LogP contribution in [0.3, 0.4) is 0 Å². The van der Waals surface area contributed by atoms with Gasteiger partial charge >= 0.3 is 5.97 Å². The fourth-order valence-electron chi connectivity index (χ4n) is 5.03. The van der Waals surface area contributed by atoms with Crippen molar-refractivity contribution in [1.82, 2.24) is 31.2 Å². The van der Waals surface area contributed by atoms with Crippen LogP contribution in [-0.2, 0) is 36.8 Å². The van der Waals surface area contributed by atoms with Gasteiger partial charge in [-0.2, -0.15) is 0 Å². The molecule has 5 atom stereocenters. The molecular formula is C31H37N7O9. The lowest BCUT2D eigenvalue weighted by molar-refractivity contribution is -0.143. The normalized spacial score (nSPS) is 14.5. The lowest BCUT2D eigenvalue weighted by Gasteiger charge is -2.25. The second kappa shape index (κ2) is 15.8. The number of aliphatic hydroxyl groups excluding tert-OH is 3. The molecule has 0 bridgehead atoms.